The van der Waals surface area contributed by atoms with E-state index in [1.54, 1.807) is 11.3 Å². The number of imide groups is 1. The maximum Gasteiger partial charge on any atom is 0.240 e. The van der Waals surface area contributed by atoms with Crippen LogP contribution in [0.15, 0.2) is 53.9 Å². The van der Waals surface area contributed by atoms with Crippen LogP contribution < -0.4 is 5.32 Å². The van der Waals surface area contributed by atoms with E-state index in [0.29, 0.717) is 0 Å². The minimum absolute atomic E-state index is 0.153. The minimum Gasteiger partial charge on any atom is -0.343 e. The molecule has 1 N–H and O–H groups in total. The third-order valence-electron chi connectivity index (χ3n) is 6.72. The number of nitrogens with one attached hydrogen (secondary N) is 1. The van der Waals surface area contributed by atoms with Crippen molar-refractivity contribution in [2.75, 3.05) is 6.54 Å². The Bertz CT molecular complexity index is 982. The molecule has 154 valence electrons. The number of benzene rings is 1. The number of fused-ring (bicyclic) bond motifs is 5. The first-order valence-electron chi connectivity index (χ1n) is 10.5. The highest BCUT2D eigenvalue weighted by molar-refractivity contribution is 7.10. The lowest BCUT2D eigenvalue weighted by Gasteiger charge is -2.21. The van der Waals surface area contributed by atoms with Crippen LogP contribution in [0.4, 0.5) is 0 Å². The number of rotatable bonds is 6. The highest BCUT2D eigenvalue weighted by atomic mass is 32.1. The van der Waals surface area contributed by atoms with Gasteiger partial charge in [-0.1, -0.05) is 49.4 Å². The highest BCUT2D eigenvalue weighted by Gasteiger charge is 2.59. The molecule has 2 bridgehead atoms. The summed E-state index contributed by atoms with van der Waals surface area (Å²) >= 11 is 1.57. The van der Waals surface area contributed by atoms with Crippen LogP contribution in [0.5, 0.6) is 0 Å². The summed E-state index contributed by atoms with van der Waals surface area (Å²) in [5.41, 5.74) is 2.22. The number of carbonyl (C=O) groups is 3. The van der Waals surface area contributed by atoms with Gasteiger partial charge in [-0.25, -0.2) is 0 Å². The molecule has 1 saturated heterocycles. The van der Waals surface area contributed by atoms with Gasteiger partial charge >= 0.3 is 0 Å². The molecule has 30 heavy (non-hydrogen) atoms. The Labute approximate surface area is 179 Å². The molecule has 6 heteroatoms. The third kappa shape index (κ3) is 3.10. The van der Waals surface area contributed by atoms with Crippen molar-refractivity contribution in [1.29, 1.82) is 0 Å². The fraction of sp³-hybridized carbons (Fsp3) is 0.375. The van der Waals surface area contributed by atoms with Crippen LogP contribution in [0.3, 0.4) is 0 Å². The van der Waals surface area contributed by atoms with Crippen molar-refractivity contribution < 1.29 is 14.4 Å². The largest absolute Gasteiger partial charge is 0.343 e. The molecule has 1 aromatic heterocycles. The zero-order valence-corrected chi connectivity index (χ0v) is 17.6. The first-order valence-corrected chi connectivity index (χ1v) is 11.4. The lowest BCUT2D eigenvalue weighted by molar-refractivity contribution is -0.144. The standard InChI is InChI=1S/C24H24N2O3S/c1-2-14-5-7-15(8-6-14)22(18-4-3-11-30-18)25-19(27)13-26-23(28)20-16-9-10-17(12-16)21(20)24(26)29/h3-11,16-17,20-22H,2,12-13H2,1H3,(H,25,27). The number of likely N-dealkylation sites (tertiary alicyclic amines) is 1. The van der Waals surface area contributed by atoms with E-state index < -0.39 is 0 Å². The van der Waals surface area contributed by atoms with E-state index in [9.17, 15) is 14.4 Å². The van der Waals surface area contributed by atoms with E-state index in [-0.39, 0.29) is 54.0 Å². The fourth-order valence-electron chi connectivity index (χ4n) is 5.19. The molecular formula is C24H24N2O3S. The van der Waals surface area contributed by atoms with E-state index >= 15 is 0 Å². The Morgan fingerprint density at radius 1 is 1.10 bits per heavy atom. The average Bonchev–Trinajstić information content (AvgIpc) is 3.54. The summed E-state index contributed by atoms with van der Waals surface area (Å²) in [6, 6.07) is 11.8. The van der Waals surface area contributed by atoms with Gasteiger partial charge in [-0.15, -0.1) is 11.3 Å². The first kappa shape index (κ1) is 19.2. The SMILES string of the molecule is CCc1ccc(C(NC(=O)CN2C(=O)C3C4C=CC(C4)C3C2=O)c2cccs2)cc1. The minimum atomic E-state index is -0.310. The number of hydrogen-bond donors (Lipinski definition) is 1. The lowest BCUT2D eigenvalue weighted by atomic mass is 9.85. The van der Waals surface area contributed by atoms with E-state index in [1.807, 2.05) is 29.6 Å². The van der Waals surface area contributed by atoms with Gasteiger partial charge in [-0.3, -0.25) is 19.3 Å². The monoisotopic (exact) mass is 420 g/mol. The van der Waals surface area contributed by atoms with Crippen LogP contribution in [0.25, 0.3) is 0 Å². The molecular weight excluding hydrogens is 396 g/mol. The van der Waals surface area contributed by atoms with Crippen molar-refractivity contribution in [2.45, 2.75) is 25.8 Å². The van der Waals surface area contributed by atoms with Gasteiger partial charge in [-0.2, -0.15) is 0 Å². The van der Waals surface area contributed by atoms with Gasteiger partial charge in [0.15, 0.2) is 0 Å². The van der Waals surface area contributed by atoms with E-state index in [0.717, 1.165) is 23.3 Å². The second kappa shape index (κ2) is 7.51. The number of nitrogens with zero attached hydrogens (tertiary/aromatic N) is 1. The predicted octanol–water partition coefficient (Wildman–Crippen LogP) is 3.32. The van der Waals surface area contributed by atoms with Crippen molar-refractivity contribution in [3.63, 3.8) is 0 Å². The Morgan fingerprint density at radius 3 is 2.33 bits per heavy atom. The van der Waals surface area contributed by atoms with Crippen LogP contribution in [0, 0.1) is 23.7 Å². The third-order valence-corrected chi connectivity index (χ3v) is 7.65. The second-order valence-corrected chi connectivity index (χ2v) is 9.35. The van der Waals surface area contributed by atoms with Crippen molar-refractivity contribution in [2.24, 2.45) is 23.7 Å². The average molecular weight is 421 g/mol. The summed E-state index contributed by atoms with van der Waals surface area (Å²) in [7, 11) is 0. The Kier molecular flexibility index (Phi) is 4.82. The number of carbonyl (C=O) groups excluding carboxylic acids is 3. The van der Waals surface area contributed by atoms with Crippen molar-refractivity contribution >= 4 is 29.1 Å². The Hall–Kier alpha value is -2.73. The maximum atomic E-state index is 12.9. The maximum absolute atomic E-state index is 12.9. The van der Waals surface area contributed by atoms with Gasteiger partial charge in [0.25, 0.3) is 0 Å². The van der Waals surface area contributed by atoms with E-state index in [2.05, 4.69) is 36.5 Å². The first-order chi connectivity index (χ1) is 14.6. The Morgan fingerprint density at radius 2 is 1.77 bits per heavy atom. The van der Waals surface area contributed by atoms with E-state index in [1.165, 1.54) is 10.5 Å². The molecule has 1 aliphatic heterocycles. The van der Waals surface area contributed by atoms with Gasteiger partial charge < -0.3 is 5.32 Å². The van der Waals surface area contributed by atoms with Crippen LogP contribution in [-0.2, 0) is 20.8 Å². The van der Waals surface area contributed by atoms with Gasteiger partial charge in [0.1, 0.15) is 6.54 Å². The molecule has 0 radical (unpaired) electrons. The number of allylic oxidation sites excluding steroid dienone is 2. The molecule has 5 rings (SSSR count). The molecule has 1 saturated carbocycles. The van der Waals surface area contributed by atoms with Crippen LogP contribution in [-0.4, -0.2) is 29.2 Å². The van der Waals surface area contributed by atoms with Crippen molar-refractivity contribution in [1.82, 2.24) is 10.2 Å². The van der Waals surface area contributed by atoms with Gasteiger partial charge in [0.2, 0.25) is 17.7 Å². The summed E-state index contributed by atoms with van der Waals surface area (Å²) < 4.78 is 0. The number of hydrogen-bond acceptors (Lipinski definition) is 4. The summed E-state index contributed by atoms with van der Waals surface area (Å²) in [4.78, 5) is 40.9. The molecule has 1 aromatic carbocycles. The lowest BCUT2D eigenvalue weighted by Crippen LogP contribution is -2.43. The summed E-state index contributed by atoms with van der Waals surface area (Å²) in [6.45, 7) is 1.90. The summed E-state index contributed by atoms with van der Waals surface area (Å²) in [5, 5.41) is 5.03. The predicted molar refractivity (Wildman–Crippen MR) is 115 cm³/mol. The highest BCUT2D eigenvalue weighted by Crippen LogP contribution is 2.52. The zero-order valence-electron chi connectivity index (χ0n) is 16.8. The second-order valence-electron chi connectivity index (χ2n) is 8.37. The molecule has 3 amide bonds. The summed E-state index contributed by atoms with van der Waals surface area (Å²) in [6.07, 6.45) is 5.97. The number of amides is 3. The van der Waals surface area contributed by atoms with Gasteiger partial charge in [-0.05, 0) is 47.3 Å². The van der Waals surface area contributed by atoms with Crippen LogP contribution in [0.2, 0.25) is 0 Å². The Balaban J connectivity index is 1.33. The van der Waals surface area contributed by atoms with Gasteiger partial charge in [0, 0.05) is 4.88 Å². The smallest absolute Gasteiger partial charge is 0.240 e. The molecule has 2 aromatic rings. The molecule has 0 spiro atoms. The molecule has 3 aliphatic rings. The molecule has 2 fully saturated rings. The quantitative estimate of drug-likeness (QED) is 0.576. The van der Waals surface area contributed by atoms with E-state index in [4.69, 9.17) is 0 Å². The topological polar surface area (TPSA) is 66.5 Å². The van der Waals surface area contributed by atoms with Crippen LogP contribution in [0.1, 0.15) is 35.4 Å². The molecule has 2 aliphatic carbocycles. The number of aryl methyl sites for hydroxylation is 1. The number of thiophene rings is 1. The van der Waals surface area contributed by atoms with Crippen LogP contribution >= 0.6 is 11.3 Å². The van der Waals surface area contributed by atoms with Crippen molar-refractivity contribution in [3.8, 4) is 0 Å². The molecule has 5 atom stereocenters. The summed E-state index contributed by atoms with van der Waals surface area (Å²) in [5.74, 6) is -0.908. The normalized spacial score (nSPS) is 27.6. The van der Waals surface area contributed by atoms with Crippen molar-refractivity contribution in [3.05, 3.63) is 69.9 Å². The zero-order chi connectivity index (χ0) is 20.8. The molecule has 2 heterocycles. The molecule has 5 nitrogen and oxygen atoms in total. The fourth-order valence-corrected chi connectivity index (χ4v) is 5.99. The van der Waals surface area contributed by atoms with Gasteiger partial charge in [0.05, 0.1) is 17.9 Å². The molecule has 5 unspecified atom stereocenters.